The molecule has 0 aliphatic carbocycles. The van der Waals surface area contributed by atoms with Gasteiger partial charge in [-0.2, -0.15) is 30.0 Å². The van der Waals surface area contributed by atoms with E-state index in [1.165, 1.54) is 12.1 Å². The Bertz CT molecular complexity index is 1060. The van der Waals surface area contributed by atoms with Gasteiger partial charge in [0.25, 0.3) is 5.91 Å². The third-order valence-corrected chi connectivity index (χ3v) is 5.77. The number of nitrogens with one attached hydrogen (secondary N) is 1. The molecular weight excluding hydrogens is 405 g/mol. The number of halogens is 3. The second-order valence-corrected chi connectivity index (χ2v) is 7.97. The molecule has 1 aliphatic heterocycles. The van der Waals surface area contributed by atoms with E-state index in [1.54, 1.807) is 6.07 Å². The summed E-state index contributed by atoms with van der Waals surface area (Å²) in [6.07, 6.45) is -0.776. The van der Waals surface area contributed by atoms with Crippen molar-refractivity contribution >= 4 is 34.3 Å². The summed E-state index contributed by atoms with van der Waals surface area (Å²) in [5, 5.41) is 17.9. The minimum absolute atomic E-state index is 0.0838. The lowest BCUT2D eigenvalue weighted by Gasteiger charge is -2.21. The fourth-order valence-electron chi connectivity index (χ4n) is 3.22. The number of amides is 1. The van der Waals surface area contributed by atoms with Crippen molar-refractivity contribution in [2.75, 3.05) is 16.8 Å². The lowest BCUT2D eigenvalue weighted by Crippen LogP contribution is -2.17. The van der Waals surface area contributed by atoms with Crippen LogP contribution in [-0.2, 0) is 6.18 Å². The number of phenols is 1. The van der Waals surface area contributed by atoms with Crippen molar-refractivity contribution in [3.63, 3.8) is 0 Å². The van der Waals surface area contributed by atoms with E-state index in [1.807, 2.05) is 22.6 Å². The van der Waals surface area contributed by atoms with Crippen molar-refractivity contribution in [2.24, 2.45) is 0 Å². The van der Waals surface area contributed by atoms with Crippen molar-refractivity contribution in [1.82, 2.24) is 14.8 Å². The molecule has 0 radical (unpaired) electrons. The van der Waals surface area contributed by atoms with Gasteiger partial charge >= 0.3 is 6.18 Å². The quantitative estimate of drug-likeness (QED) is 0.609. The van der Waals surface area contributed by atoms with E-state index >= 15 is 0 Å². The first-order valence-electron chi connectivity index (χ1n) is 8.96. The molecule has 6 nitrogen and oxygen atoms in total. The Morgan fingerprint density at radius 1 is 1.24 bits per heavy atom. The molecule has 0 spiro atoms. The Morgan fingerprint density at radius 3 is 2.72 bits per heavy atom. The Labute approximate surface area is 168 Å². The number of anilines is 1. The fraction of sp³-hybridized carbons (Fsp3) is 0.316. The topological polar surface area (TPSA) is 80.0 Å². The number of hydrogen-bond acceptors (Lipinski definition) is 5. The minimum Gasteiger partial charge on any atom is -0.506 e. The largest absolute Gasteiger partial charge is 0.506 e. The molecule has 152 valence electrons. The van der Waals surface area contributed by atoms with Crippen LogP contribution in [0, 0.1) is 0 Å². The number of alkyl halides is 3. The fourth-order valence-corrected chi connectivity index (χ4v) is 4.30. The van der Waals surface area contributed by atoms with Gasteiger partial charge in [0.2, 0.25) is 0 Å². The third-order valence-electron chi connectivity index (χ3n) is 4.72. The van der Waals surface area contributed by atoms with Gasteiger partial charge < -0.3 is 10.4 Å². The number of carbonyl (C=O) groups excluding carboxylic acids is 1. The van der Waals surface area contributed by atoms with E-state index in [0.717, 1.165) is 36.5 Å². The van der Waals surface area contributed by atoms with Crippen LogP contribution in [0.15, 0.2) is 36.5 Å². The Hall–Kier alpha value is -2.75. The van der Waals surface area contributed by atoms with Gasteiger partial charge in [-0.05, 0) is 42.5 Å². The summed E-state index contributed by atoms with van der Waals surface area (Å²) in [7, 11) is 0. The molecule has 1 aromatic carbocycles. The molecule has 2 N–H and O–H groups in total. The van der Waals surface area contributed by atoms with E-state index < -0.39 is 23.5 Å². The van der Waals surface area contributed by atoms with E-state index in [4.69, 9.17) is 0 Å². The zero-order valence-electron chi connectivity index (χ0n) is 15.1. The minimum atomic E-state index is -4.65. The summed E-state index contributed by atoms with van der Waals surface area (Å²) in [6, 6.07) is 6.35. The summed E-state index contributed by atoms with van der Waals surface area (Å²) < 4.78 is 40.3. The van der Waals surface area contributed by atoms with Crippen LogP contribution in [0.1, 0.15) is 35.1 Å². The number of aromatic nitrogens is 3. The Kier molecular flexibility index (Phi) is 5.12. The molecule has 3 aromatic rings. The summed E-state index contributed by atoms with van der Waals surface area (Å²) in [6.45, 7) is 0. The van der Waals surface area contributed by atoms with Gasteiger partial charge in [-0.15, -0.1) is 0 Å². The summed E-state index contributed by atoms with van der Waals surface area (Å²) in [5.74, 6) is 1.07. The predicted octanol–water partition coefficient (Wildman–Crippen LogP) is 4.48. The zero-order chi connectivity index (χ0) is 20.6. The maximum absolute atomic E-state index is 12.8. The molecule has 4 rings (SSSR count). The molecule has 1 amide bonds. The maximum Gasteiger partial charge on any atom is 0.433 e. The number of aromatic hydroxyl groups is 1. The first kappa shape index (κ1) is 19.6. The zero-order valence-corrected chi connectivity index (χ0v) is 15.9. The summed E-state index contributed by atoms with van der Waals surface area (Å²) in [5.41, 5.74) is -0.886. The van der Waals surface area contributed by atoms with E-state index in [9.17, 15) is 23.1 Å². The molecule has 2 aromatic heterocycles. The van der Waals surface area contributed by atoms with Gasteiger partial charge in [-0.25, -0.2) is 4.98 Å². The van der Waals surface area contributed by atoms with E-state index in [2.05, 4.69) is 15.4 Å². The monoisotopic (exact) mass is 422 g/mol. The molecule has 0 saturated carbocycles. The highest BCUT2D eigenvalue weighted by Crippen LogP contribution is 2.32. The summed E-state index contributed by atoms with van der Waals surface area (Å²) in [4.78, 5) is 15.7. The average Bonchev–Trinajstić information content (AvgIpc) is 3.11. The smallest absolute Gasteiger partial charge is 0.433 e. The van der Waals surface area contributed by atoms with Crippen molar-refractivity contribution < 1.29 is 23.1 Å². The standard InChI is InChI=1S/C19H17F3N4O2S/c20-19(21,22)17-3-1-2-13(23-17)18(28)24-15-8-11-10-26(12-4-6-29-7-5-12)25-14(11)9-16(15)27/h1-3,8-10,12,27H,4-7H2,(H,24,28). The van der Waals surface area contributed by atoms with Gasteiger partial charge in [-0.3, -0.25) is 9.48 Å². The Balaban J connectivity index is 1.59. The molecule has 0 atom stereocenters. The van der Waals surface area contributed by atoms with E-state index in [-0.39, 0.29) is 17.5 Å². The number of phenolic OH excluding ortho intramolecular Hbond substituents is 1. The molecule has 1 saturated heterocycles. The van der Waals surface area contributed by atoms with Gasteiger partial charge in [0.15, 0.2) is 0 Å². The van der Waals surface area contributed by atoms with Gasteiger partial charge in [0.05, 0.1) is 17.2 Å². The number of benzene rings is 1. The van der Waals surface area contributed by atoms with Crippen LogP contribution in [0.3, 0.4) is 0 Å². The molecule has 1 fully saturated rings. The van der Waals surface area contributed by atoms with Crippen LogP contribution in [0.25, 0.3) is 10.9 Å². The normalized spacial score (nSPS) is 15.6. The maximum atomic E-state index is 12.8. The number of hydrogen-bond donors (Lipinski definition) is 2. The predicted molar refractivity (Wildman–Crippen MR) is 104 cm³/mol. The number of pyridine rings is 1. The van der Waals surface area contributed by atoms with Gasteiger partial charge in [0.1, 0.15) is 17.1 Å². The average molecular weight is 422 g/mol. The highest BCUT2D eigenvalue weighted by atomic mass is 32.2. The molecule has 1 aliphatic rings. The van der Waals surface area contributed by atoms with Crippen LogP contribution in [0.2, 0.25) is 0 Å². The molecule has 3 heterocycles. The van der Waals surface area contributed by atoms with Crippen LogP contribution >= 0.6 is 11.8 Å². The third kappa shape index (κ3) is 4.16. The lowest BCUT2D eigenvalue weighted by atomic mass is 10.1. The second-order valence-electron chi connectivity index (χ2n) is 6.74. The van der Waals surface area contributed by atoms with Crippen LogP contribution in [0.4, 0.5) is 18.9 Å². The van der Waals surface area contributed by atoms with Crippen LogP contribution in [-0.4, -0.2) is 37.3 Å². The van der Waals surface area contributed by atoms with Crippen molar-refractivity contribution in [3.05, 3.63) is 47.9 Å². The molecule has 10 heteroatoms. The number of carbonyl (C=O) groups is 1. The molecule has 0 unspecified atom stereocenters. The van der Waals surface area contributed by atoms with Crippen molar-refractivity contribution in [1.29, 1.82) is 0 Å². The number of nitrogens with zero attached hydrogens (tertiary/aromatic N) is 3. The SMILES string of the molecule is O=C(Nc1cc2cn(C3CCSCC3)nc2cc1O)c1cccc(C(F)(F)F)n1. The Morgan fingerprint density at radius 2 is 2.00 bits per heavy atom. The van der Waals surface area contributed by atoms with Crippen LogP contribution in [0.5, 0.6) is 5.75 Å². The van der Waals surface area contributed by atoms with E-state index in [0.29, 0.717) is 10.9 Å². The first-order valence-corrected chi connectivity index (χ1v) is 10.1. The van der Waals surface area contributed by atoms with Gasteiger partial charge in [0, 0.05) is 17.6 Å². The van der Waals surface area contributed by atoms with Crippen LogP contribution < -0.4 is 5.32 Å². The lowest BCUT2D eigenvalue weighted by molar-refractivity contribution is -0.141. The van der Waals surface area contributed by atoms with Crippen molar-refractivity contribution in [2.45, 2.75) is 25.1 Å². The van der Waals surface area contributed by atoms with Crippen molar-refractivity contribution in [3.8, 4) is 5.75 Å². The highest BCUT2D eigenvalue weighted by Gasteiger charge is 2.33. The molecular formula is C19H17F3N4O2S. The van der Waals surface area contributed by atoms with Gasteiger partial charge in [-0.1, -0.05) is 6.07 Å². The number of rotatable bonds is 3. The second kappa shape index (κ2) is 7.58. The number of thioether (sulfide) groups is 1. The highest BCUT2D eigenvalue weighted by molar-refractivity contribution is 7.99. The molecule has 29 heavy (non-hydrogen) atoms. The first-order chi connectivity index (χ1) is 13.8. The summed E-state index contributed by atoms with van der Waals surface area (Å²) >= 11 is 1.91. The molecule has 0 bridgehead atoms. The number of fused-ring (bicyclic) bond motifs is 1.